The zero-order valence-corrected chi connectivity index (χ0v) is 21.8. The molecule has 34 heavy (non-hydrogen) atoms. The van der Waals surface area contributed by atoms with Crippen molar-refractivity contribution in [2.45, 2.75) is 52.6 Å². The van der Waals surface area contributed by atoms with Crippen molar-refractivity contribution < 1.29 is 18.0 Å². The van der Waals surface area contributed by atoms with E-state index in [1.54, 1.807) is 37.3 Å². The molecule has 0 heterocycles. The molecule has 1 N–H and O–H groups in total. The highest BCUT2D eigenvalue weighted by Gasteiger charge is 2.26. The Bertz CT molecular complexity index is 1070. The lowest BCUT2D eigenvalue weighted by Crippen LogP contribution is -2.47. The topological polar surface area (TPSA) is 86.8 Å². The molecule has 2 aromatic carbocycles. The Balaban J connectivity index is 2.14. The van der Waals surface area contributed by atoms with Gasteiger partial charge in [0.1, 0.15) is 6.04 Å². The monoisotopic (exact) mass is 507 g/mol. The van der Waals surface area contributed by atoms with Crippen molar-refractivity contribution in [2.24, 2.45) is 0 Å². The summed E-state index contributed by atoms with van der Waals surface area (Å²) in [5.74, 6) is -0.437. The SMILES string of the molecule is CCCNC(=O)[C@H](C)N(Cc1ccc(Cl)cc1)C(=O)CCCN(c1cccc(C)c1)S(C)(=O)=O. The third-order valence-electron chi connectivity index (χ3n) is 5.42. The van der Waals surface area contributed by atoms with Crippen LogP contribution in [0.1, 0.15) is 44.2 Å². The van der Waals surface area contributed by atoms with E-state index in [9.17, 15) is 18.0 Å². The Hall–Kier alpha value is -2.58. The summed E-state index contributed by atoms with van der Waals surface area (Å²) in [7, 11) is -3.51. The van der Waals surface area contributed by atoms with Gasteiger partial charge in [-0.15, -0.1) is 0 Å². The van der Waals surface area contributed by atoms with Crippen LogP contribution < -0.4 is 9.62 Å². The highest BCUT2D eigenvalue weighted by Crippen LogP contribution is 2.20. The lowest BCUT2D eigenvalue weighted by molar-refractivity contribution is -0.140. The first kappa shape index (κ1) is 27.7. The fourth-order valence-corrected chi connectivity index (χ4v) is 4.64. The zero-order valence-electron chi connectivity index (χ0n) is 20.3. The van der Waals surface area contributed by atoms with Crippen molar-refractivity contribution in [3.8, 4) is 0 Å². The summed E-state index contributed by atoms with van der Waals surface area (Å²) in [5.41, 5.74) is 2.37. The summed E-state index contributed by atoms with van der Waals surface area (Å²) in [6, 6.07) is 13.7. The van der Waals surface area contributed by atoms with E-state index in [1.807, 2.05) is 32.0 Å². The molecule has 0 aliphatic heterocycles. The minimum atomic E-state index is -3.51. The molecular formula is C25H34ClN3O4S. The number of hydrogen-bond acceptors (Lipinski definition) is 4. The van der Waals surface area contributed by atoms with E-state index < -0.39 is 16.1 Å². The molecule has 0 saturated carbocycles. The Morgan fingerprint density at radius 1 is 1.12 bits per heavy atom. The average molecular weight is 508 g/mol. The van der Waals surface area contributed by atoms with Crippen molar-refractivity contribution in [3.63, 3.8) is 0 Å². The van der Waals surface area contributed by atoms with Crippen LogP contribution in [-0.4, -0.2) is 50.5 Å². The molecule has 2 amide bonds. The Labute approximate surface area is 208 Å². The van der Waals surface area contributed by atoms with Gasteiger partial charge in [0.05, 0.1) is 11.9 Å². The fraction of sp³-hybridized carbons (Fsp3) is 0.440. The number of carbonyl (C=O) groups is 2. The largest absolute Gasteiger partial charge is 0.354 e. The van der Waals surface area contributed by atoms with Gasteiger partial charge in [-0.05, 0) is 62.1 Å². The first-order valence-electron chi connectivity index (χ1n) is 11.4. The summed E-state index contributed by atoms with van der Waals surface area (Å²) in [6.45, 7) is 6.51. The standard InChI is InChI=1S/C25H34ClN3O4S/c1-5-15-27-25(31)20(3)28(18-21-11-13-22(26)14-12-21)24(30)10-7-16-29(34(4,32)33)23-9-6-8-19(2)17-23/h6,8-9,11-14,17,20H,5,7,10,15-16,18H2,1-4H3,(H,27,31)/t20-/m0/s1. The van der Waals surface area contributed by atoms with E-state index in [1.165, 1.54) is 9.21 Å². The van der Waals surface area contributed by atoms with Gasteiger partial charge in [0, 0.05) is 31.1 Å². The van der Waals surface area contributed by atoms with Crippen molar-refractivity contribution in [3.05, 3.63) is 64.7 Å². The van der Waals surface area contributed by atoms with Gasteiger partial charge in [-0.2, -0.15) is 0 Å². The molecule has 0 spiro atoms. The number of hydrogen-bond donors (Lipinski definition) is 1. The summed E-state index contributed by atoms with van der Waals surface area (Å²) in [4.78, 5) is 27.4. The van der Waals surface area contributed by atoms with Gasteiger partial charge < -0.3 is 10.2 Å². The number of aryl methyl sites for hydroxylation is 1. The van der Waals surface area contributed by atoms with E-state index in [-0.39, 0.29) is 31.3 Å². The number of nitrogens with zero attached hydrogens (tertiary/aromatic N) is 2. The molecule has 2 rings (SSSR count). The minimum Gasteiger partial charge on any atom is -0.354 e. The molecule has 9 heteroatoms. The molecule has 2 aromatic rings. The Kier molecular flexibility index (Phi) is 10.4. The van der Waals surface area contributed by atoms with Crippen molar-refractivity contribution in [1.82, 2.24) is 10.2 Å². The molecule has 0 aliphatic rings. The molecule has 1 atom stereocenters. The molecule has 7 nitrogen and oxygen atoms in total. The van der Waals surface area contributed by atoms with E-state index in [2.05, 4.69) is 5.32 Å². The number of halogens is 1. The van der Waals surface area contributed by atoms with Gasteiger partial charge in [0.2, 0.25) is 21.8 Å². The summed E-state index contributed by atoms with van der Waals surface area (Å²) in [5, 5.41) is 3.43. The average Bonchev–Trinajstić information content (AvgIpc) is 2.78. The van der Waals surface area contributed by atoms with E-state index >= 15 is 0 Å². The second-order valence-corrected chi connectivity index (χ2v) is 10.7. The third-order valence-corrected chi connectivity index (χ3v) is 6.87. The summed E-state index contributed by atoms with van der Waals surface area (Å²) < 4.78 is 26.1. The van der Waals surface area contributed by atoms with Crippen LogP contribution in [0.25, 0.3) is 0 Å². The molecule has 0 unspecified atom stereocenters. The van der Waals surface area contributed by atoms with Crippen LogP contribution in [0.3, 0.4) is 0 Å². The number of benzene rings is 2. The van der Waals surface area contributed by atoms with Gasteiger partial charge in [0.15, 0.2) is 0 Å². The molecule has 0 fully saturated rings. The second-order valence-electron chi connectivity index (χ2n) is 8.39. The number of nitrogens with one attached hydrogen (secondary N) is 1. The van der Waals surface area contributed by atoms with Crippen molar-refractivity contribution in [1.29, 1.82) is 0 Å². The van der Waals surface area contributed by atoms with Crippen LogP contribution in [0.15, 0.2) is 48.5 Å². The van der Waals surface area contributed by atoms with Crippen LogP contribution in [0, 0.1) is 6.92 Å². The maximum Gasteiger partial charge on any atom is 0.242 e. The van der Waals surface area contributed by atoms with Gasteiger partial charge in [-0.1, -0.05) is 42.8 Å². The first-order valence-corrected chi connectivity index (χ1v) is 13.6. The maximum atomic E-state index is 13.2. The van der Waals surface area contributed by atoms with Crippen LogP contribution in [-0.2, 0) is 26.2 Å². The zero-order chi connectivity index (χ0) is 25.3. The Morgan fingerprint density at radius 3 is 2.38 bits per heavy atom. The van der Waals surface area contributed by atoms with Gasteiger partial charge in [-0.3, -0.25) is 13.9 Å². The second kappa shape index (κ2) is 12.8. The quantitative estimate of drug-likeness (QED) is 0.467. The summed E-state index contributed by atoms with van der Waals surface area (Å²) in [6.07, 6.45) is 2.38. The maximum absolute atomic E-state index is 13.2. The molecule has 0 bridgehead atoms. The minimum absolute atomic E-state index is 0.108. The first-order chi connectivity index (χ1) is 16.0. The summed E-state index contributed by atoms with van der Waals surface area (Å²) >= 11 is 5.98. The molecule has 0 aliphatic carbocycles. The van der Waals surface area contributed by atoms with E-state index in [0.717, 1.165) is 23.8 Å². The van der Waals surface area contributed by atoms with E-state index in [4.69, 9.17) is 11.6 Å². The van der Waals surface area contributed by atoms with Crippen LogP contribution in [0.5, 0.6) is 0 Å². The molecule has 0 radical (unpaired) electrons. The third kappa shape index (κ3) is 8.33. The highest BCUT2D eigenvalue weighted by atomic mass is 35.5. The predicted octanol–water partition coefficient (Wildman–Crippen LogP) is 4.14. The van der Waals surface area contributed by atoms with Crippen molar-refractivity contribution in [2.75, 3.05) is 23.7 Å². The predicted molar refractivity (Wildman–Crippen MR) is 137 cm³/mol. The number of amides is 2. The Morgan fingerprint density at radius 2 is 1.79 bits per heavy atom. The van der Waals surface area contributed by atoms with Gasteiger partial charge in [0.25, 0.3) is 0 Å². The number of anilines is 1. The van der Waals surface area contributed by atoms with E-state index in [0.29, 0.717) is 23.7 Å². The fourth-order valence-electron chi connectivity index (χ4n) is 3.55. The lowest BCUT2D eigenvalue weighted by Gasteiger charge is -2.29. The molecule has 186 valence electrons. The molecule has 0 saturated heterocycles. The number of sulfonamides is 1. The number of rotatable bonds is 12. The molecule has 0 aromatic heterocycles. The van der Waals surface area contributed by atoms with Crippen LogP contribution >= 0.6 is 11.6 Å². The number of carbonyl (C=O) groups excluding carboxylic acids is 2. The van der Waals surface area contributed by atoms with Gasteiger partial charge in [-0.25, -0.2) is 8.42 Å². The lowest BCUT2D eigenvalue weighted by atomic mass is 10.1. The van der Waals surface area contributed by atoms with Crippen molar-refractivity contribution >= 4 is 39.1 Å². The van der Waals surface area contributed by atoms with Crippen LogP contribution in [0.4, 0.5) is 5.69 Å². The highest BCUT2D eigenvalue weighted by molar-refractivity contribution is 7.92. The molecular weight excluding hydrogens is 474 g/mol. The van der Waals surface area contributed by atoms with Gasteiger partial charge >= 0.3 is 0 Å². The van der Waals surface area contributed by atoms with Crippen LogP contribution in [0.2, 0.25) is 5.02 Å². The smallest absolute Gasteiger partial charge is 0.242 e. The normalized spacial score (nSPS) is 12.1.